The van der Waals surface area contributed by atoms with Gasteiger partial charge in [0.05, 0.1) is 11.6 Å². The summed E-state index contributed by atoms with van der Waals surface area (Å²) < 4.78 is 43.4. The van der Waals surface area contributed by atoms with Gasteiger partial charge in [-0.25, -0.2) is 0 Å². The van der Waals surface area contributed by atoms with Crippen molar-refractivity contribution in [3.63, 3.8) is 0 Å². The molecule has 0 bridgehead atoms. The van der Waals surface area contributed by atoms with Gasteiger partial charge in [0.25, 0.3) is 10.7 Å². The highest BCUT2D eigenvalue weighted by Crippen LogP contribution is 2.31. The molecule has 0 aliphatic carbocycles. The Morgan fingerprint density at radius 2 is 2.22 bits per heavy atom. The summed E-state index contributed by atoms with van der Waals surface area (Å²) in [5, 5.41) is 9.47. The minimum atomic E-state index is -4.76. The maximum absolute atomic E-state index is 12.7. The van der Waals surface area contributed by atoms with Gasteiger partial charge in [-0.2, -0.15) is 13.2 Å². The van der Waals surface area contributed by atoms with Crippen molar-refractivity contribution < 1.29 is 27.5 Å². The molecule has 5 nitrogen and oxygen atoms in total. The highest BCUT2D eigenvalue weighted by Gasteiger charge is 2.48. The number of likely N-dealkylation sites (tertiary alicyclic amines) is 1. The van der Waals surface area contributed by atoms with Gasteiger partial charge in [-0.15, -0.1) is 0 Å². The maximum atomic E-state index is 12.7. The molecule has 2 atom stereocenters. The lowest BCUT2D eigenvalue weighted by atomic mass is 10.1. The molecule has 1 aromatic heterocycles. The number of oxazole rings is 1. The number of aliphatic hydroxyl groups excluding tert-OH is 1. The van der Waals surface area contributed by atoms with Crippen molar-refractivity contribution in [2.75, 3.05) is 6.54 Å². The predicted octanol–water partition coefficient (Wildman–Crippen LogP) is 3.02. The fourth-order valence-electron chi connectivity index (χ4n) is 2.84. The number of amides is 1. The minimum absolute atomic E-state index is 0.111. The fraction of sp³-hybridized carbons (Fsp3) is 0.429. The normalized spacial score (nSPS) is 20.2. The number of carbonyl (C=O) groups excluding carboxylic acids is 1. The van der Waals surface area contributed by atoms with Gasteiger partial charge in [0.2, 0.25) is 0 Å². The number of rotatable bonds is 2. The molecule has 2 N–H and O–H groups in total. The smallest absolute Gasteiger partial charge is 0.416 e. The number of nitrogens with zero attached hydrogens (tertiary/aromatic N) is 1. The zero-order valence-corrected chi connectivity index (χ0v) is 12.6. The van der Waals surface area contributed by atoms with Crippen molar-refractivity contribution in [3.8, 4) is 0 Å². The van der Waals surface area contributed by atoms with Crippen LogP contribution in [0.25, 0.3) is 11.1 Å². The summed E-state index contributed by atoms with van der Waals surface area (Å²) in [5.41, 5.74) is 1.14. The van der Waals surface area contributed by atoms with E-state index in [0.29, 0.717) is 17.5 Å². The second kappa shape index (κ2) is 5.64. The van der Waals surface area contributed by atoms with Crippen molar-refractivity contribution in [3.05, 3.63) is 28.6 Å². The predicted molar refractivity (Wildman–Crippen MR) is 77.5 cm³/mol. The van der Waals surface area contributed by atoms with E-state index in [4.69, 9.17) is 16.6 Å². The van der Waals surface area contributed by atoms with E-state index in [2.05, 4.69) is 4.98 Å². The standard InChI is InChI=1S/C14H13F3N2O3S/c15-14(16,17)11(20)9-2-1-5-19(9)12(21)7-3-4-8-10(6-7)22-13(23)18-8/h3-4,6,9,11,20H,1-2,5H2,(H,18,23)/t9-,11+/m0/s1. The number of benzene rings is 1. The molecule has 2 aromatic rings. The lowest BCUT2D eigenvalue weighted by Crippen LogP contribution is -2.49. The first-order valence-corrected chi connectivity index (χ1v) is 7.37. The topological polar surface area (TPSA) is 69.5 Å². The number of aliphatic hydroxyl groups is 1. The first-order chi connectivity index (χ1) is 10.8. The van der Waals surface area contributed by atoms with Gasteiger partial charge in [0, 0.05) is 12.1 Å². The summed E-state index contributed by atoms with van der Waals surface area (Å²) >= 11 is 4.85. The van der Waals surface area contributed by atoms with Crippen LogP contribution in [0, 0.1) is 4.84 Å². The molecule has 23 heavy (non-hydrogen) atoms. The summed E-state index contributed by atoms with van der Waals surface area (Å²) in [5.74, 6) is -0.569. The van der Waals surface area contributed by atoms with E-state index in [-0.39, 0.29) is 23.4 Å². The monoisotopic (exact) mass is 346 g/mol. The van der Waals surface area contributed by atoms with E-state index in [1.165, 1.54) is 12.1 Å². The molecule has 1 fully saturated rings. The average Bonchev–Trinajstić information content (AvgIpc) is 3.08. The molecular formula is C14H13F3N2O3S. The molecule has 0 spiro atoms. The number of hydrogen-bond donors (Lipinski definition) is 2. The number of fused-ring (bicyclic) bond motifs is 1. The summed E-state index contributed by atoms with van der Waals surface area (Å²) in [4.78, 5) is 16.5. The minimum Gasteiger partial charge on any atom is -0.429 e. The molecule has 1 aliphatic rings. The van der Waals surface area contributed by atoms with Crippen LogP contribution in [-0.4, -0.2) is 45.8 Å². The third kappa shape index (κ3) is 2.98. The number of H-pyrrole nitrogens is 1. The molecule has 3 rings (SSSR count). The van der Waals surface area contributed by atoms with Crippen molar-refractivity contribution in [1.82, 2.24) is 9.88 Å². The van der Waals surface area contributed by atoms with E-state index in [1.54, 1.807) is 6.07 Å². The van der Waals surface area contributed by atoms with Gasteiger partial charge in [-0.3, -0.25) is 4.79 Å². The summed E-state index contributed by atoms with van der Waals surface area (Å²) in [7, 11) is 0. The Labute approximate surface area is 133 Å². The van der Waals surface area contributed by atoms with Gasteiger partial charge in [-0.05, 0) is 43.3 Å². The van der Waals surface area contributed by atoms with E-state index in [1.807, 2.05) is 0 Å². The van der Waals surface area contributed by atoms with Gasteiger partial charge < -0.3 is 19.4 Å². The van der Waals surface area contributed by atoms with Crippen LogP contribution in [0.4, 0.5) is 13.2 Å². The molecule has 1 aliphatic heterocycles. The Morgan fingerprint density at radius 3 is 2.91 bits per heavy atom. The molecule has 1 amide bonds. The molecule has 1 aromatic carbocycles. The number of carbonyl (C=O) groups is 1. The second-order valence-corrected chi connectivity index (χ2v) is 5.79. The third-order valence-electron chi connectivity index (χ3n) is 3.93. The zero-order valence-electron chi connectivity index (χ0n) is 11.8. The van der Waals surface area contributed by atoms with Crippen LogP contribution >= 0.6 is 12.2 Å². The molecule has 1 saturated heterocycles. The quantitative estimate of drug-likeness (QED) is 0.820. The number of nitrogens with one attached hydrogen (secondary N) is 1. The molecule has 124 valence electrons. The van der Waals surface area contributed by atoms with Gasteiger partial charge in [-0.1, -0.05) is 0 Å². The van der Waals surface area contributed by atoms with Crippen molar-refractivity contribution in [2.45, 2.75) is 31.2 Å². The number of aromatic amines is 1. The number of aromatic nitrogens is 1. The van der Waals surface area contributed by atoms with Crippen LogP contribution < -0.4 is 0 Å². The number of hydrogen-bond acceptors (Lipinski definition) is 4. The summed E-state index contributed by atoms with van der Waals surface area (Å²) in [6.07, 6.45) is -6.78. The van der Waals surface area contributed by atoms with Crippen molar-refractivity contribution in [1.29, 1.82) is 0 Å². The Hall–Kier alpha value is -1.87. The molecule has 0 radical (unpaired) electrons. The molecular weight excluding hydrogens is 333 g/mol. The van der Waals surface area contributed by atoms with E-state index < -0.39 is 24.2 Å². The molecule has 0 saturated carbocycles. The fourth-order valence-corrected chi connectivity index (χ4v) is 3.04. The average molecular weight is 346 g/mol. The highest BCUT2D eigenvalue weighted by atomic mass is 32.1. The van der Waals surface area contributed by atoms with Crippen LogP contribution in [0.1, 0.15) is 23.2 Å². The Balaban J connectivity index is 1.89. The van der Waals surface area contributed by atoms with E-state index in [9.17, 15) is 23.1 Å². The van der Waals surface area contributed by atoms with Crippen molar-refractivity contribution in [2.24, 2.45) is 0 Å². The first-order valence-electron chi connectivity index (χ1n) is 6.96. The molecule has 0 unspecified atom stereocenters. The van der Waals surface area contributed by atoms with Crippen LogP contribution in [0.3, 0.4) is 0 Å². The summed E-state index contributed by atoms with van der Waals surface area (Å²) in [6, 6.07) is 3.23. The second-order valence-electron chi connectivity index (χ2n) is 5.42. The Bertz CT molecular complexity index is 798. The maximum Gasteiger partial charge on any atom is 0.416 e. The van der Waals surface area contributed by atoms with Gasteiger partial charge >= 0.3 is 6.18 Å². The van der Waals surface area contributed by atoms with Crippen molar-refractivity contribution >= 4 is 29.2 Å². The number of halogens is 3. The lowest BCUT2D eigenvalue weighted by Gasteiger charge is -2.29. The van der Waals surface area contributed by atoms with Gasteiger partial charge in [0.1, 0.15) is 0 Å². The third-order valence-corrected chi connectivity index (χ3v) is 4.11. The highest BCUT2D eigenvalue weighted by molar-refractivity contribution is 7.71. The lowest BCUT2D eigenvalue weighted by molar-refractivity contribution is -0.216. The Morgan fingerprint density at radius 1 is 1.48 bits per heavy atom. The van der Waals surface area contributed by atoms with E-state index >= 15 is 0 Å². The van der Waals surface area contributed by atoms with Gasteiger partial charge in [0.15, 0.2) is 11.7 Å². The number of alkyl halides is 3. The molecule has 9 heteroatoms. The van der Waals surface area contributed by atoms with Crippen LogP contribution in [0.15, 0.2) is 22.6 Å². The molecule has 2 heterocycles. The Kier molecular flexibility index (Phi) is 3.93. The van der Waals surface area contributed by atoms with Crippen LogP contribution in [0.5, 0.6) is 0 Å². The SMILES string of the molecule is O=C(c1ccc2[nH]c(=S)oc2c1)N1CCC[C@H]1[C@@H](O)C(F)(F)F. The largest absolute Gasteiger partial charge is 0.429 e. The van der Waals surface area contributed by atoms with E-state index in [0.717, 1.165) is 4.90 Å². The summed E-state index contributed by atoms with van der Waals surface area (Å²) in [6.45, 7) is 0.172. The van der Waals surface area contributed by atoms with Crippen LogP contribution in [0.2, 0.25) is 0 Å². The zero-order chi connectivity index (χ0) is 16.8. The van der Waals surface area contributed by atoms with Crippen LogP contribution in [-0.2, 0) is 0 Å². The first kappa shape index (κ1) is 16.0.